The summed E-state index contributed by atoms with van der Waals surface area (Å²) in [6.07, 6.45) is 0. The highest BCUT2D eigenvalue weighted by atomic mass is 19.1. The van der Waals surface area contributed by atoms with Crippen LogP contribution in [0.4, 0.5) is 4.39 Å². The molecule has 0 bridgehead atoms. The van der Waals surface area contributed by atoms with Gasteiger partial charge in [-0.15, -0.1) is 0 Å². The number of hydrogen-bond acceptors (Lipinski definition) is 2. The highest BCUT2D eigenvalue weighted by Crippen LogP contribution is 2.25. The van der Waals surface area contributed by atoms with Gasteiger partial charge in [0.2, 0.25) is 0 Å². The molecular formula is C14H7FN2. The summed E-state index contributed by atoms with van der Waals surface area (Å²) in [7, 11) is 0. The quantitative estimate of drug-likeness (QED) is 0.743. The van der Waals surface area contributed by atoms with E-state index in [1.807, 2.05) is 12.1 Å². The van der Waals surface area contributed by atoms with E-state index in [1.165, 1.54) is 12.1 Å². The highest BCUT2D eigenvalue weighted by Gasteiger charge is 2.06. The molecule has 0 saturated carbocycles. The van der Waals surface area contributed by atoms with Crippen molar-refractivity contribution in [3.05, 3.63) is 59.4 Å². The van der Waals surface area contributed by atoms with Gasteiger partial charge >= 0.3 is 0 Å². The van der Waals surface area contributed by atoms with Gasteiger partial charge in [-0.25, -0.2) is 4.39 Å². The Morgan fingerprint density at radius 3 is 2.41 bits per heavy atom. The second-order valence-corrected chi connectivity index (χ2v) is 3.50. The number of halogens is 1. The summed E-state index contributed by atoms with van der Waals surface area (Å²) in [6.45, 7) is 0. The van der Waals surface area contributed by atoms with Gasteiger partial charge in [-0.1, -0.05) is 18.2 Å². The normalized spacial score (nSPS) is 9.35. The Balaban J connectivity index is 2.66. The molecule has 0 aliphatic rings. The summed E-state index contributed by atoms with van der Waals surface area (Å²) in [5, 5.41) is 17.7. The predicted octanol–water partition coefficient (Wildman–Crippen LogP) is 3.24. The number of hydrogen-bond donors (Lipinski definition) is 0. The minimum Gasteiger partial charge on any atom is -0.207 e. The van der Waals surface area contributed by atoms with Gasteiger partial charge in [0.15, 0.2) is 0 Å². The molecule has 0 radical (unpaired) electrons. The van der Waals surface area contributed by atoms with E-state index in [9.17, 15) is 4.39 Å². The SMILES string of the molecule is N#Cc1cc(F)cc(-c2ccccc2C#N)c1. The van der Waals surface area contributed by atoms with Crippen LogP contribution in [0.1, 0.15) is 11.1 Å². The van der Waals surface area contributed by atoms with Crippen LogP contribution in [0.25, 0.3) is 11.1 Å². The van der Waals surface area contributed by atoms with Crippen LogP contribution >= 0.6 is 0 Å². The Kier molecular flexibility index (Phi) is 2.85. The molecule has 0 unspecified atom stereocenters. The molecule has 0 fully saturated rings. The van der Waals surface area contributed by atoms with Gasteiger partial charge in [0.25, 0.3) is 0 Å². The van der Waals surface area contributed by atoms with Gasteiger partial charge in [-0.05, 0) is 35.4 Å². The zero-order valence-electron chi connectivity index (χ0n) is 8.81. The minimum absolute atomic E-state index is 0.243. The summed E-state index contributed by atoms with van der Waals surface area (Å²) < 4.78 is 13.3. The van der Waals surface area contributed by atoms with Crippen LogP contribution in [0.2, 0.25) is 0 Å². The lowest BCUT2D eigenvalue weighted by Gasteiger charge is -2.04. The minimum atomic E-state index is -0.480. The fraction of sp³-hybridized carbons (Fsp3) is 0. The Bertz CT molecular complexity index is 648. The van der Waals surface area contributed by atoms with E-state index in [0.29, 0.717) is 16.7 Å². The Morgan fingerprint density at radius 1 is 0.941 bits per heavy atom. The van der Waals surface area contributed by atoms with Gasteiger partial charge in [-0.2, -0.15) is 10.5 Å². The third kappa shape index (κ3) is 2.14. The molecule has 17 heavy (non-hydrogen) atoms. The average molecular weight is 222 g/mol. The molecule has 0 saturated heterocycles. The van der Waals surface area contributed by atoms with E-state index < -0.39 is 5.82 Å². The largest absolute Gasteiger partial charge is 0.207 e. The second-order valence-electron chi connectivity index (χ2n) is 3.50. The number of rotatable bonds is 1. The van der Waals surface area contributed by atoms with Crippen molar-refractivity contribution < 1.29 is 4.39 Å². The van der Waals surface area contributed by atoms with E-state index in [-0.39, 0.29) is 5.56 Å². The topological polar surface area (TPSA) is 47.6 Å². The maximum absolute atomic E-state index is 13.3. The first-order chi connectivity index (χ1) is 8.24. The Morgan fingerprint density at radius 2 is 1.71 bits per heavy atom. The van der Waals surface area contributed by atoms with Crippen LogP contribution in [0.3, 0.4) is 0 Å². The van der Waals surface area contributed by atoms with E-state index in [2.05, 4.69) is 0 Å². The van der Waals surface area contributed by atoms with Crippen LogP contribution < -0.4 is 0 Å². The molecule has 0 heterocycles. The third-order valence-corrected chi connectivity index (χ3v) is 2.39. The molecule has 2 aromatic carbocycles. The van der Waals surface area contributed by atoms with Crippen molar-refractivity contribution in [2.24, 2.45) is 0 Å². The van der Waals surface area contributed by atoms with Gasteiger partial charge in [0.1, 0.15) is 5.82 Å². The van der Waals surface area contributed by atoms with Crippen molar-refractivity contribution >= 4 is 0 Å². The summed E-state index contributed by atoms with van der Waals surface area (Å²) in [5.74, 6) is -0.480. The van der Waals surface area contributed by atoms with Crippen molar-refractivity contribution in [3.8, 4) is 23.3 Å². The molecule has 0 N–H and O–H groups in total. The highest BCUT2D eigenvalue weighted by molar-refractivity contribution is 5.71. The molecule has 2 rings (SSSR count). The molecular weight excluding hydrogens is 215 g/mol. The predicted molar refractivity (Wildman–Crippen MR) is 61.3 cm³/mol. The summed E-state index contributed by atoms with van der Waals surface area (Å²) >= 11 is 0. The van der Waals surface area contributed by atoms with E-state index in [4.69, 9.17) is 10.5 Å². The standard InChI is InChI=1S/C14H7FN2/c15-13-6-10(8-16)5-12(7-13)14-4-2-1-3-11(14)9-17/h1-7H. The molecule has 0 amide bonds. The summed E-state index contributed by atoms with van der Waals surface area (Å²) in [4.78, 5) is 0. The van der Waals surface area contributed by atoms with E-state index in [0.717, 1.165) is 0 Å². The molecule has 0 aromatic heterocycles. The fourth-order valence-corrected chi connectivity index (χ4v) is 1.64. The molecule has 0 aliphatic heterocycles. The lowest BCUT2D eigenvalue weighted by Crippen LogP contribution is -1.87. The van der Waals surface area contributed by atoms with Gasteiger partial charge in [0.05, 0.1) is 23.3 Å². The first-order valence-corrected chi connectivity index (χ1v) is 4.95. The number of benzene rings is 2. The zero-order chi connectivity index (χ0) is 12.3. The lowest BCUT2D eigenvalue weighted by atomic mass is 9.99. The van der Waals surface area contributed by atoms with Gasteiger partial charge in [0, 0.05) is 0 Å². The van der Waals surface area contributed by atoms with Crippen molar-refractivity contribution in [2.45, 2.75) is 0 Å². The molecule has 2 nitrogen and oxygen atoms in total. The molecule has 0 atom stereocenters. The van der Waals surface area contributed by atoms with Crippen LogP contribution in [0.15, 0.2) is 42.5 Å². The van der Waals surface area contributed by atoms with Crippen LogP contribution in [-0.2, 0) is 0 Å². The van der Waals surface area contributed by atoms with Crippen molar-refractivity contribution in [1.29, 1.82) is 10.5 Å². The van der Waals surface area contributed by atoms with E-state index in [1.54, 1.807) is 30.3 Å². The van der Waals surface area contributed by atoms with Crippen molar-refractivity contribution in [3.63, 3.8) is 0 Å². The first kappa shape index (κ1) is 10.9. The molecule has 80 valence electrons. The van der Waals surface area contributed by atoms with Crippen molar-refractivity contribution in [1.82, 2.24) is 0 Å². The second kappa shape index (κ2) is 4.47. The van der Waals surface area contributed by atoms with Gasteiger partial charge < -0.3 is 0 Å². The molecule has 3 heteroatoms. The van der Waals surface area contributed by atoms with E-state index >= 15 is 0 Å². The smallest absolute Gasteiger partial charge is 0.125 e. The number of nitriles is 2. The van der Waals surface area contributed by atoms with Crippen LogP contribution in [0, 0.1) is 28.5 Å². The third-order valence-electron chi connectivity index (χ3n) is 2.39. The maximum atomic E-state index is 13.3. The average Bonchev–Trinajstić information content (AvgIpc) is 2.37. The monoisotopic (exact) mass is 222 g/mol. The fourth-order valence-electron chi connectivity index (χ4n) is 1.64. The molecule has 0 spiro atoms. The lowest BCUT2D eigenvalue weighted by molar-refractivity contribution is 0.628. The summed E-state index contributed by atoms with van der Waals surface area (Å²) in [5.41, 5.74) is 1.87. The zero-order valence-corrected chi connectivity index (χ0v) is 8.81. The van der Waals surface area contributed by atoms with Crippen LogP contribution in [0.5, 0.6) is 0 Å². The Labute approximate surface area is 98.2 Å². The number of nitrogens with zero attached hydrogens (tertiary/aromatic N) is 2. The molecule has 0 aliphatic carbocycles. The van der Waals surface area contributed by atoms with Crippen LogP contribution in [-0.4, -0.2) is 0 Å². The first-order valence-electron chi connectivity index (χ1n) is 4.95. The van der Waals surface area contributed by atoms with Gasteiger partial charge in [-0.3, -0.25) is 0 Å². The molecule has 2 aromatic rings. The summed E-state index contributed by atoms with van der Waals surface area (Å²) in [6, 6.07) is 14.9. The Hall–Kier alpha value is -2.65. The van der Waals surface area contributed by atoms with Crippen molar-refractivity contribution in [2.75, 3.05) is 0 Å². The maximum Gasteiger partial charge on any atom is 0.125 e.